The van der Waals surface area contributed by atoms with Crippen molar-refractivity contribution < 1.29 is 17.6 Å². The Morgan fingerprint density at radius 2 is 2.14 bits per heavy atom. The molecule has 0 radical (unpaired) electrons. The summed E-state index contributed by atoms with van der Waals surface area (Å²) in [6, 6.07) is 5.37. The Kier molecular flexibility index (Phi) is 4.82. The molecule has 2 rings (SSSR count). The zero-order chi connectivity index (χ0) is 15.5. The number of hydrogen-bond acceptors (Lipinski definition) is 3. The van der Waals surface area contributed by atoms with Crippen LogP contribution >= 0.6 is 0 Å². The first-order valence-corrected chi connectivity index (χ1v) is 8.69. The molecule has 0 aromatic heterocycles. The van der Waals surface area contributed by atoms with Gasteiger partial charge >= 0.3 is 6.03 Å². The molecule has 1 fully saturated rings. The van der Waals surface area contributed by atoms with Gasteiger partial charge in [-0.05, 0) is 25.3 Å². The van der Waals surface area contributed by atoms with E-state index in [1.807, 2.05) is 0 Å². The zero-order valence-electron chi connectivity index (χ0n) is 11.8. The summed E-state index contributed by atoms with van der Waals surface area (Å²) in [5.41, 5.74) is 0.413. The average Bonchev–Trinajstić information content (AvgIpc) is 2.76. The summed E-state index contributed by atoms with van der Waals surface area (Å²) >= 11 is 0. The molecular formula is C14H19FN2O3S. The average molecular weight is 314 g/mol. The van der Waals surface area contributed by atoms with Crippen molar-refractivity contribution >= 4 is 15.9 Å². The molecule has 0 saturated carbocycles. The molecule has 7 heteroatoms. The molecule has 1 aromatic rings. The number of benzene rings is 1. The van der Waals surface area contributed by atoms with Gasteiger partial charge in [-0.15, -0.1) is 0 Å². The molecule has 2 amide bonds. The second-order valence-corrected chi connectivity index (χ2v) is 7.60. The molecule has 1 saturated heterocycles. The van der Waals surface area contributed by atoms with Gasteiger partial charge in [0.1, 0.15) is 5.82 Å². The maximum Gasteiger partial charge on any atom is 0.315 e. The normalized spacial score (nSPS) is 21.7. The number of rotatable bonds is 4. The number of carbonyl (C=O) groups is 1. The second-order valence-electron chi connectivity index (χ2n) is 5.37. The molecule has 1 aliphatic rings. The van der Waals surface area contributed by atoms with Gasteiger partial charge in [-0.1, -0.05) is 18.2 Å². The largest absolute Gasteiger partial charge is 0.338 e. The van der Waals surface area contributed by atoms with E-state index in [2.05, 4.69) is 10.6 Å². The van der Waals surface area contributed by atoms with E-state index >= 15 is 0 Å². The highest BCUT2D eigenvalue weighted by molar-refractivity contribution is 7.91. The van der Waals surface area contributed by atoms with Gasteiger partial charge in [-0.3, -0.25) is 0 Å². The minimum Gasteiger partial charge on any atom is -0.338 e. The lowest BCUT2D eigenvalue weighted by Gasteiger charge is -2.16. The van der Waals surface area contributed by atoms with Crippen molar-refractivity contribution in [2.75, 3.05) is 18.1 Å². The van der Waals surface area contributed by atoms with Gasteiger partial charge < -0.3 is 10.6 Å². The Morgan fingerprint density at radius 3 is 2.76 bits per heavy atom. The van der Waals surface area contributed by atoms with E-state index in [-0.39, 0.29) is 23.2 Å². The van der Waals surface area contributed by atoms with Crippen molar-refractivity contribution in [1.29, 1.82) is 0 Å². The third-order valence-electron chi connectivity index (χ3n) is 3.60. The van der Waals surface area contributed by atoms with E-state index < -0.39 is 21.9 Å². The van der Waals surface area contributed by atoms with Crippen LogP contribution in [-0.2, 0) is 9.84 Å². The van der Waals surface area contributed by atoms with Gasteiger partial charge in [0.15, 0.2) is 9.84 Å². The van der Waals surface area contributed by atoms with Crippen molar-refractivity contribution in [1.82, 2.24) is 10.6 Å². The van der Waals surface area contributed by atoms with E-state index in [4.69, 9.17) is 0 Å². The summed E-state index contributed by atoms with van der Waals surface area (Å²) in [5.74, 6) is -0.0976. The van der Waals surface area contributed by atoms with Crippen LogP contribution in [0.4, 0.5) is 9.18 Å². The fourth-order valence-corrected chi connectivity index (χ4v) is 4.28. The Hall–Kier alpha value is -1.63. The van der Waals surface area contributed by atoms with E-state index in [1.165, 1.54) is 6.07 Å². The van der Waals surface area contributed by atoms with Crippen molar-refractivity contribution in [2.45, 2.75) is 19.4 Å². The highest BCUT2D eigenvalue weighted by Gasteiger charge is 2.28. The molecule has 116 valence electrons. The number of nitrogens with one attached hydrogen (secondary N) is 2. The quantitative estimate of drug-likeness (QED) is 0.887. The second kappa shape index (κ2) is 6.43. The monoisotopic (exact) mass is 314 g/mol. The molecule has 2 atom stereocenters. The minimum atomic E-state index is -2.94. The maximum absolute atomic E-state index is 13.6. The van der Waals surface area contributed by atoms with Crippen molar-refractivity contribution in [3.63, 3.8) is 0 Å². The summed E-state index contributed by atoms with van der Waals surface area (Å²) in [5, 5.41) is 5.29. The third kappa shape index (κ3) is 4.42. The summed E-state index contributed by atoms with van der Waals surface area (Å²) in [6.45, 7) is 2.01. The van der Waals surface area contributed by atoms with Crippen molar-refractivity contribution in [3.8, 4) is 0 Å². The number of amides is 2. The van der Waals surface area contributed by atoms with Crippen LogP contribution in [0, 0.1) is 11.7 Å². The molecule has 1 heterocycles. The smallest absolute Gasteiger partial charge is 0.315 e. The number of hydrogen-bond donors (Lipinski definition) is 2. The lowest BCUT2D eigenvalue weighted by Crippen LogP contribution is -2.39. The molecule has 0 bridgehead atoms. The van der Waals surface area contributed by atoms with Crippen LogP contribution < -0.4 is 10.6 Å². The van der Waals surface area contributed by atoms with Crippen LogP contribution in [0.5, 0.6) is 0 Å². The Balaban J connectivity index is 1.81. The zero-order valence-corrected chi connectivity index (χ0v) is 12.6. The molecule has 21 heavy (non-hydrogen) atoms. The number of urea groups is 1. The summed E-state index contributed by atoms with van der Waals surface area (Å²) < 4.78 is 36.2. The standard InChI is InChI=1S/C14H19FN2O3S/c1-10(12-4-2-3-5-13(12)15)17-14(18)16-8-11-6-7-21(19,20)9-11/h2-5,10-11H,6-9H2,1H3,(H2,16,17,18)/t10-,11+/m0/s1. The van der Waals surface area contributed by atoms with Crippen molar-refractivity contribution in [3.05, 3.63) is 35.6 Å². The van der Waals surface area contributed by atoms with Crippen LogP contribution in [-0.4, -0.2) is 32.5 Å². The minimum absolute atomic E-state index is 0.0375. The fourth-order valence-electron chi connectivity index (χ4n) is 2.42. The SMILES string of the molecule is C[C@H](NC(=O)NC[C@H]1CCS(=O)(=O)C1)c1ccccc1F. The first-order valence-electron chi connectivity index (χ1n) is 6.86. The van der Waals surface area contributed by atoms with Crippen LogP contribution in [0.3, 0.4) is 0 Å². The van der Waals surface area contributed by atoms with Gasteiger partial charge in [0, 0.05) is 12.1 Å². The van der Waals surface area contributed by atoms with E-state index in [9.17, 15) is 17.6 Å². The van der Waals surface area contributed by atoms with Crippen LogP contribution in [0.2, 0.25) is 0 Å². The molecule has 5 nitrogen and oxygen atoms in total. The molecule has 0 aliphatic carbocycles. The Labute approximate surface area is 123 Å². The summed E-state index contributed by atoms with van der Waals surface area (Å²) in [7, 11) is -2.94. The third-order valence-corrected chi connectivity index (χ3v) is 5.43. The van der Waals surface area contributed by atoms with Crippen LogP contribution in [0.25, 0.3) is 0 Å². The highest BCUT2D eigenvalue weighted by Crippen LogP contribution is 2.18. The predicted molar refractivity (Wildman–Crippen MR) is 78.1 cm³/mol. The molecular weight excluding hydrogens is 295 g/mol. The fraction of sp³-hybridized carbons (Fsp3) is 0.500. The van der Waals surface area contributed by atoms with Gasteiger partial charge in [-0.25, -0.2) is 17.6 Å². The number of sulfone groups is 1. The molecule has 0 unspecified atom stereocenters. The van der Waals surface area contributed by atoms with Gasteiger partial charge in [0.05, 0.1) is 17.5 Å². The first kappa shape index (κ1) is 15.8. The Morgan fingerprint density at radius 1 is 1.43 bits per heavy atom. The van der Waals surface area contributed by atoms with Crippen LogP contribution in [0.15, 0.2) is 24.3 Å². The predicted octanol–water partition coefficient (Wildman–Crippen LogP) is 1.62. The Bertz CT molecular complexity index is 618. The number of carbonyl (C=O) groups excluding carboxylic acids is 1. The van der Waals surface area contributed by atoms with Gasteiger partial charge in [0.25, 0.3) is 0 Å². The van der Waals surface area contributed by atoms with Crippen LogP contribution in [0.1, 0.15) is 24.9 Å². The molecule has 1 aliphatic heterocycles. The van der Waals surface area contributed by atoms with E-state index in [0.717, 1.165) is 0 Å². The maximum atomic E-state index is 13.6. The molecule has 1 aromatic carbocycles. The highest BCUT2D eigenvalue weighted by atomic mass is 32.2. The summed E-state index contributed by atoms with van der Waals surface area (Å²) in [4.78, 5) is 11.8. The number of halogens is 1. The lowest BCUT2D eigenvalue weighted by atomic mass is 10.1. The molecule has 2 N–H and O–H groups in total. The van der Waals surface area contributed by atoms with Gasteiger partial charge in [-0.2, -0.15) is 0 Å². The van der Waals surface area contributed by atoms with E-state index in [1.54, 1.807) is 25.1 Å². The topological polar surface area (TPSA) is 75.3 Å². The first-order chi connectivity index (χ1) is 9.87. The van der Waals surface area contributed by atoms with Crippen molar-refractivity contribution in [2.24, 2.45) is 5.92 Å². The molecule has 0 spiro atoms. The van der Waals surface area contributed by atoms with E-state index in [0.29, 0.717) is 18.5 Å². The van der Waals surface area contributed by atoms with Gasteiger partial charge in [0.2, 0.25) is 0 Å². The summed E-state index contributed by atoms with van der Waals surface area (Å²) in [6.07, 6.45) is 0.575. The lowest BCUT2D eigenvalue weighted by molar-refractivity contribution is 0.236.